The number of nitrogens with one attached hydrogen (secondary N) is 1. The van der Waals surface area contributed by atoms with E-state index in [9.17, 15) is 4.79 Å². The number of halogens is 1. The van der Waals surface area contributed by atoms with Crippen LogP contribution in [0.4, 0.5) is 0 Å². The second kappa shape index (κ2) is 5.52. The lowest BCUT2D eigenvalue weighted by molar-refractivity contribution is -0.129. The number of hydrogen-bond donors (Lipinski definition) is 1. The van der Waals surface area contributed by atoms with Crippen LogP contribution in [0.1, 0.15) is 18.4 Å². The molecule has 0 unspecified atom stereocenters. The van der Waals surface area contributed by atoms with Crippen LogP contribution < -0.4 is 5.32 Å². The first-order chi connectivity index (χ1) is 8.16. The Bertz CT molecular complexity index is 404. The number of amides is 1. The average Bonchev–Trinajstić information content (AvgIpc) is 3.12. The summed E-state index contributed by atoms with van der Waals surface area (Å²) in [5.74, 6) is 0.162. The maximum atomic E-state index is 11.7. The lowest BCUT2D eigenvalue weighted by Gasteiger charge is -2.16. The van der Waals surface area contributed by atoms with Gasteiger partial charge in [0.1, 0.15) is 0 Å². The van der Waals surface area contributed by atoms with Crippen LogP contribution in [0.2, 0.25) is 5.02 Å². The summed E-state index contributed by atoms with van der Waals surface area (Å²) in [6, 6.07) is 8.14. The molecule has 0 heterocycles. The van der Waals surface area contributed by atoms with Crippen LogP contribution in [0, 0.1) is 0 Å². The maximum Gasteiger partial charge on any atom is 0.236 e. The Hall–Kier alpha value is -1.06. The summed E-state index contributed by atoms with van der Waals surface area (Å²) in [5.41, 5.74) is 1.10. The van der Waals surface area contributed by atoms with Crippen molar-refractivity contribution in [2.45, 2.75) is 25.4 Å². The molecule has 0 saturated heterocycles. The van der Waals surface area contributed by atoms with E-state index in [4.69, 9.17) is 11.6 Å². The molecule has 17 heavy (non-hydrogen) atoms. The number of likely N-dealkylation sites (N-methyl/N-ethyl adjacent to an activating group) is 1. The molecule has 0 radical (unpaired) electrons. The fourth-order valence-electron chi connectivity index (χ4n) is 1.75. The van der Waals surface area contributed by atoms with Crippen molar-refractivity contribution in [1.29, 1.82) is 0 Å². The summed E-state index contributed by atoms with van der Waals surface area (Å²) >= 11 is 5.88. The van der Waals surface area contributed by atoms with E-state index in [0.717, 1.165) is 23.4 Å². The Balaban J connectivity index is 1.73. The van der Waals surface area contributed by atoms with Gasteiger partial charge in [-0.1, -0.05) is 23.7 Å². The van der Waals surface area contributed by atoms with E-state index in [1.807, 2.05) is 36.2 Å². The minimum Gasteiger partial charge on any atom is -0.342 e. The minimum absolute atomic E-state index is 0.162. The van der Waals surface area contributed by atoms with Gasteiger partial charge in [0, 0.05) is 24.7 Å². The first-order valence-electron chi connectivity index (χ1n) is 5.87. The lowest BCUT2D eigenvalue weighted by atomic mass is 10.2. The van der Waals surface area contributed by atoms with Gasteiger partial charge in [-0.05, 0) is 30.5 Å². The van der Waals surface area contributed by atoms with E-state index in [-0.39, 0.29) is 5.91 Å². The SMILES string of the molecule is CN(C(=O)CNCc1cccc(Cl)c1)C1CC1. The number of carbonyl (C=O) groups excluding carboxylic acids is 1. The third-order valence-corrected chi connectivity index (χ3v) is 3.22. The van der Waals surface area contributed by atoms with Gasteiger partial charge in [0.15, 0.2) is 0 Å². The molecule has 1 aliphatic carbocycles. The molecule has 3 nitrogen and oxygen atoms in total. The Labute approximate surface area is 107 Å². The number of carbonyl (C=O) groups is 1. The smallest absolute Gasteiger partial charge is 0.236 e. The Kier molecular flexibility index (Phi) is 4.02. The molecule has 0 spiro atoms. The Morgan fingerprint density at radius 1 is 1.53 bits per heavy atom. The summed E-state index contributed by atoms with van der Waals surface area (Å²) in [4.78, 5) is 13.6. The Morgan fingerprint density at radius 3 is 2.94 bits per heavy atom. The van der Waals surface area contributed by atoms with E-state index in [0.29, 0.717) is 19.1 Å². The standard InChI is InChI=1S/C13H17ClN2O/c1-16(12-5-6-12)13(17)9-15-8-10-3-2-4-11(14)7-10/h2-4,7,12,15H,5-6,8-9H2,1H3. The monoisotopic (exact) mass is 252 g/mol. The van der Waals surface area contributed by atoms with E-state index < -0.39 is 0 Å². The molecule has 0 atom stereocenters. The second-order valence-electron chi connectivity index (χ2n) is 4.47. The molecule has 92 valence electrons. The molecule has 1 amide bonds. The van der Waals surface area contributed by atoms with Gasteiger partial charge in [-0.25, -0.2) is 0 Å². The van der Waals surface area contributed by atoms with E-state index >= 15 is 0 Å². The molecular weight excluding hydrogens is 236 g/mol. The molecule has 4 heteroatoms. The quantitative estimate of drug-likeness (QED) is 0.870. The fourth-order valence-corrected chi connectivity index (χ4v) is 1.96. The number of nitrogens with zero attached hydrogens (tertiary/aromatic N) is 1. The lowest BCUT2D eigenvalue weighted by Crippen LogP contribution is -2.36. The predicted molar refractivity (Wildman–Crippen MR) is 69.0 cm³/mol. The predicted octanol–water partition coefficient (Wildman–Crippen LogP) is 2.05. The van der Waals surface area contributed by atoms with E-state index in [1.54, 1.807) is 0 Å². The highest BCUT2D eigenvalue weighted by atomic mass is 35.5. The van der Waals surface area contributed by atoms with Gasteiger partial charge in [0.05, 0.1) is 6.54 Å². The summed E-state index contributed by atoms with van der Waals surface area (Å²) in [6.07, 6.45) is 2.30. The Morgan fingerprint density at radius 2 is 2.29 bits per heavy atom. The zero-order valence-corrected chi connectivity index (χ0v) is 10.7. The molecule has 0 bridgehead atoms. The molecule has 1 saturated carbocycles. The van der Waals surface area contributed by atoms with Crippen molar-refractivity contribution in [3.05, 3.63) is 34.9 Å². The molecule has 1 aromatic rings. The van der Waals surface area contributed by atoms with Crippen LogP contribution in [0.15, 0.2) is 24.3 Å². The largest absolute Gasteiger partial charge is 0.342 e. The number of rotatable bonds is 5. The van der Waals surface area contributed by atoms with Crippen LogP contribution in [-0.4, -0.2) is 30.4 Å². The summed E-state index contributed by atoms with van der Waals surface area (Å²) in [7, 11) is 1.88. The van der Waals surface area contributed by atoms with Gasteiger partial charge >= 0.3 is 0 Å². The second-order valence-corrected chi connectivity index (χ2v) is 4.91. The van der Waals surface area contributed by atoms with E-state index in [2.05, 4.69) is 5.32 Å². The molecule has 2 rings (SSSR count). The van der Waals surface area contributed by atoms with Crippen molar-refractivity contribution in [1.82, 2.24) is 10.2 Å². The highest BCUT2D eigenvalue weighted by molar-refractivity contribution is 6.30. The molecule has 1 aromatic carbocycles. The van der Waals surface area contributed by atoms with Gasteiger partial charge in [-0.15, -0.1) is 0 Å². The van der Waals surface area contributed by atoms with Crippen molar-refractivity contribution in [2.75, 3.05) is 13.6 Å². The molecule has 0 aliphatic heterocycles. The third-order valence-electron chi connectivity index (χ3n) is 2.98. The van der Waals surface area contributed by atoms with Crippen molar-refractivity contribution in [3.8, 4) is 0 Å². The highest BCUT2D eigenvalue weighted by Crippen LogP contribution is 2.25. The maximum absolute atomic E-state index is 11.7. The molecular formula is C13H17ClN2O. The third kappa shape index (κ3) is 3.72. The van der Waals surface area contributed by atoms with Crippen molar-refractivity contribution in [2.24, 2.45) is 0 Å². The summed E-state index contributed by atoms with van der Waals surface area (Å²) in [6.45, 7) is 1.06. The summed E-state index contributed by atoms with van der Waals surface area (Å²) < 4.78 is 0. The molecule has 1 aliphatic rings. The number of benzene rings is 1. The van der Waals surface area contributed by atoms with Crippen LogP contribution in [0.25, 0.3) is 0 Å². The van der Waals surface area contributed by atoms with Crippen LogP contribution >= 0.6 is 11.6 Å². The number of hydrogen-bond acceptors (Lipinski definition) is 2. The molecule has 0 aromatic heterocycles. The van der Waals surface area contributed by atoms with Gasteiger partial charge in [0.25, 0.3) is 0 Å². The van der Waals surface area contributed by atoms with Crippen LogP contribution in [0.5, 0.6) is 0 Å². The van der Waals surface area contributed by atoms with Crippen LogP contribution in [0.3, 0.4) is 0 Å². The first kappa shape index (κ1) is 12.4. The van der Waals surface area contributed by atoms with Gasteiger partial charge in [-0.3, -0.25) is 4.79 Å². The van der Waals surface area contributed by atoms with Crippen LogP contribution in [-0.2, 0) is 11.3 Å². The van der Waals surface area contributed by atoms with Crippen molar-refractivity contribution in [3.63, 3.8) is 0 Å². The zero-order chi connectivity index (χ0) is 12.3. The van der Waals surface area contributed by atoms with Gasteiger partial charge < -0.3 is 10.2 Å². The topological polar surface area (TPSA) is 32.3 Å². The van der Waals surface area contributed by atoms with Crippen molar-refractivity contribution >= 4 is 17.5 Å². The van der Waals surface area contributed by atoms with Gasteiger partial charge in [-0.2, -0.15) is 0 Å². The highest BCUT2D eigenvalue weighted by Gasteiger charge is 2.28. The minimum atomic E-state index is 0.162. The zero-order valence-electron chi connectivity index (χ0n) is 9.95. The molecule has 1 fully saturated rings. The van der Waals surface area contributed by atoms with Gasteiger partial charge in [0.2, 0.25) is 5.91 Å². The van der Waals surface area contributed by atoms with E-state index in [1.165, 1.54) is 0 Å². The fraction of sp³-hybridized carbons (Fsp3) is 0.462. The average molecular weight is 253 g/mol. The first-order valence-corrected chi connectivity index (χ1v) is 6.25. The molecule has 1 N–H and O–H groups in total. The van der Waals surface area contributed by atoms with Crippen molar-refractivity contribution < 1.29 is 4.79 Å². The normalized spacial score (nSPS) is 14.7. The summed E-state index contributed by atoms with van der Waals surface area (Å²) in [5, 5.41) is 3.87.